The Hall–Kier alpha value is -0.860. The van der Waals surface area contributed by atoms with Crippen LogP contribution in [0.2, 0.25) is 0 Å². The zero-order valence-corrected chi connectivity index (χ0v) is 12.5. The van der Waals surface area contributed by atoms with E-state index in [1.165, 1.54) is 6.92 Å². The second kappa shape index (κ2) is 4.79. The number of amides is 1. The normalized spacial score (nSPS) is 13.4. The van der Waals surface area contributed by atoms with Gasteiger partial charge in [0.1, 0.15) is 5.78 Å². The lowest BCUT2D eigenvalue weighted by Gasteiger charge is -2.37. The Kier molecular flexibility index (Phi) is 4.55. The van der Waals surface area contributed by atoms with Crippen molar-refractivity contribution in [3.8, 4) is 0 Å². The Morgan fingerprint density at radius 2 is 1.35 bits per heavy atom. The molecule has 0 bridgehead atoms. The highest BCUT2D eigenvalue weighted by Crippen LogP contribution is 2.35. The van der Waals surface area contributed by atoms with Gasteiger partial charge in [-0.25, -0.2) is 0 Å². The minimum atomic E-state index is -0.440. The molecule has 0 unspecified atom stereocenters. The van der Waals surface area contributed by atoms with E-state index in [1.54, 1.807) is 0 Å². The van der Waals surface area contributed by atoms with Gasteiger partial charge in [0, 0.05) is 23.3 Å². The molecule has 0 saturated carbocycles. The third-order valence-corrected chi connectivity index (χ3v) is 2.69. The predicted molar refractivity (Wildman–Crippen MR) is 70.8 cm³/mol. The molecule has 100 valence electrons. The van der Waals surface area contributed by atoms with Crippen LogP contribution in [0.1, 0.15) is 61.8 Å². The van der Waals surface area contributed by atoms with Crippen LogP contribution in [0, 0.1) is 10.8 Å². The van der Waals surface area contributed by atoms with Crippen molar-refractivity contribution in [1.82, 2.24) is 5.32 Å². The second-order valence-electron chi connectivity index (χ2n) is 7.20. The molecule has 0 fully saturated rings. The first-order valence-electron chi connectivity index (χ1n) is 6.12. The van der Waals surface area contributed by atoms with E-state index in [2.05, 4.69) is 5.32 Å². The lowest BCUT2D eigenvalue weighted by molar-refractivity contribution is -0.136. The van der Waals surface area contributed by atoms with Crippen molar-refractivity contribution in [3.05, 3.63) is 0 Å². The van der Waals surface area contributed by atoms with E-state index in [1.807, 2.05) is 48.5 Å². The molecule has 3 nitrogen and oxygen atoms in total. The quantitative estimate of drug-likeness (QED) is 0.822. The number of Topliss-reactive ketones (excluding diaryl/α,β-unsaturated/α-hetero) is 1. The van der Waals surface area contributed by atoms with Crippen molar-refractivity contribution in [2.75, 3.05) is 0 Å². The van der Waals surface area contributed by atoms with Gasteiger partial charge in [-0.1, -0.05) is 34.6 Å². The van der Waals surface area contributed by atoms with Crippen molar-refractivity contribution in [2.45, 2.75) is 67.3 Å². The summed E-state index contributed by atoms with van der Waals surface area (Å²) in [5.74, 6) is 0.164. The van der Waals surface area contributed by atoms with Crippen LogP contribution >= 0.6 is 0 Å². The lowest BCUT2D eigenvalue weighted by atomic mass is 9.69. The second-order valence-corrected chi connectivity index (χ2v) is 7.20. The van der Waals surface area contributed by atoms with Gasteiger partial charge in [0.25, 0.3) is 0 Å². The fourth-order valence-electron chi connectivity index (χ4n) is 2.72. The van der Waals surface area contributed by atoms with E-state index in [0.717, 1.165) is 0 Å². The first kappa shape index (κ1) is 16.1. The molecule has 0 aromatic rings. The van der Waals surface area contributed by atoms with E-state index < -0.39 is 5.41 Å². The maximum Gasteiger partial charge on any atom is 0.217 e. The highest BCUT2D eigenvalue weighted by Gasteiger charge is 2.39. The summed E-state index contributed by atoms with van der Waals surface area (Å²) >= 11 is 0. The average molecular weight is 241 g/mol. The summed E-state index contributed by atoms with van der Waals surface area (Å²) in [6.45, 7) is 15.1. The SMILES string of the molecule is CC(=O)NC(C)(C)CC(C)(C)C(=O)C(C)(C)C. The molecule has 0 rings (SSSR count). The topological polar surface area (TPSA) is 46.2 Å². The minimum Gasteiger partial charge on any atom is -0.351 e. The van der Waals surface area contributed by atoms with Gasteiger partial charge >= 0.3 is 0 Å². The van der Waals surface area contributed by atoms with Crippen LogP contribution in [-0.4, -0.2) is 17.2 Å². The molecule has 0 aliphatic carbocycles. The molecule has 0 radical (unpaired) electrons. The number of nitrogens with one attached hydrogen (secondary N) is 1. The Bertz CT molecular complexity index is 309. The van der Waals surface area contributed by atoms with Gasteiger partial charge in [0.15, 0.2) is 0 Å². The maximum atomic E-state index is 12.3. The minimum absolute atomic E-state index is 0.0611. The molecule has 0 aromatic heterocycles. The first-order chi connectivity index (χ1) is 7.28. The van der Waals surface area contributed by atoms with Gasteiger partial charge in [0.05, 0.1) is 0 Å². The summed E-state index contributed by atoms with van der Waals surface area (Å²) in [6, 6.07) is 0. The number of hydrogen-bond donors (Lipinski definition) is 1. The molecule has 0 heterocycles. The number of hydrogen-bond acceptors (Lipinski definition) is 2. The fraction of sp³-hybridized carbons (Fsp3) is 0.857. The highest BCUT2D eigenvalue weighted by atomic mass is 16.1. The molecule has 1 amide bonds. The molecule has 0 atom stereocenters. The van der Waals surface area contributed by atoms with Crippen LogP contribution in [0.5, 0.6) is 0 Å². The summed E-state index contributed by atoms with van der Waals surface area (Å²) < 4.78 is 0. The van der Waals surface area contributed by atoms with Crippen molar-refractivity contribution in [1.29, 1.82) is 0 Å². The van der Waals surface area contributed by atoms with E-state index in [4.69, 9.17) is 0 Å². The third-order valence-electron chi connectivity index (χ3n) is 2.69. The molecule has 17 heavy (non-hydrogen) atoms. The first-order valence-corrected chi connectivity index (χ1v) is 6.12. The zero-order chi connectivity index (χ0) is 14.1. The van der Waals surface area contributed by atoms with E-state index >= 15 is 0 Å². The largest absolute Gasteiger partial charge is 0.351 e. The Morgan fingerprint density at radius 3 is 1.65 bits per heavy atom. The van der Waals surface area contributed by atoms with Crippen LogP contribution in [-0.2, 0) is 9.59 Å². The Balaban J connectivity index is 4.87. The molecule has 0 aliphatic heterocycles. The van der Waals surface area contributed by atoms with Crippen LogP contribution in [0.4, 0.5) is 0 Å². The van der Waals surface area contributed by atoms with E-state index in [-0.39, 0.29) is 22.6 Å². The Labute approximate surface area is 105 Å². The molecule has 0 aliphatic rings. The predicted octanol–water partition coefficient (Wildman–Crippen LogP) is 2.93. The molecule has 1 N–H and O–H groups in total. The lowest BCUT2D eigenvalue weighted by Crippen LogP contribution is -2.48. The summed E-state index contributed by atoms with van der Waals surface area (Å²) in [4.78, 5) is 23.5. The summed E-state index contributed by atoms with van der Waals surface area (Å²) in [5, 5.41) is 2.89. The monoisotopic (exact) mass is 241 g/mol. The molecular weight excluding hydrogens is 214 g/mol. The van der Waals surface area contributed by atoms with Crippen molar-refractivity contribution in [3.63, 3.8) is 0 Å². The van der Waals surface area contributed by atoms with Crippen molar-refractivity contribution in [2.24, 2.45) is 10.8 Å². The van der Waals surface area contributed by atoms with Crippen LogP contribution < -0.4 is 5.32 Å². The summed E-state index contributed by atoms with van der Waals surface area (Å²) in [7, 11) is 0. The Morgan fingerprint density at radius 1 is 0.941 bits per heavy atom. The fourth-order valence-corrected chi connectivity index (χ4v) is 2.72. The van der Waals surface area contributed by atoms with E-state index in [0.29, 0.717) is 6.42 Å². The smallest absolute Gasteiger partial charge is 0.217 e. The van der Waals surface area contributed by atoms with Crippen molar-refractivity contribution >= 4 is 11.7 Å². The average Bonchev–Trinajstić information content (AvgIpc) is 1.95. The van der Waals surface area contributed by atoms with Gasteiger partial charge in [-0.3, -0.25) is 9.59 Å². The number of rotatable bonds is 4. The molecule has 0 spiro atoms. The highest BCUT2D eigenvalue weighted by molar-refractivity contribution is 5.88. The number of ketones is 1. The standard InChI is InChI=1S/C14H27NO2/c1-10(16)15-14(7,8)9-13(5,6)11(17)12(2,3)4/h9H2,1-8H3,(H,15,16). The van der Waals surface area contributed by atoms with Gasteiger partial charge in [-0.15, -0.1) is 0 Å². The van der Waals surface area contributed by atoms with Gasteiger partial charge in [0.2, 0.25) is 5.91 Å². The van der Waals surface area contributed by atoms with Gasteiger partial charge < -0.3 is 5.32 Å². The number of carbonyl (C=O) groups is 2. The number of carbonyl (C=O) groups excluding carboxylic acids is 2. The summed E-state index contributed by atoms with van der Waals surface area (Å²) in [6.07, 6.45) is 0.635. The van der Waals surface area contributed by atoms with Gasteiger partial charge in [-0.05, 0) is 20.3 Å². The molecular formula is C14H27NO2. The zero-order valence-electron chi connectivity index (χ0n) is 12.5. The van der Waals surface area contributed by atoms with Crippen LogP contribution in [0.3, 0.4) is 0 Å². The van der Waals surface area contributed by atoms with Gasteiger partial charge in [-0.2, -0.15) is 0 Å². The van der Waals surface area contributed by atoms with Crippen LogP contribution in [0.25, 0.3) is 0 Å². The summed E-state index contributed by atoms with van der Waals surface area (Å²) in [5.41, 5.74) is -1.16. The van der Waals surface area contributed by atoms with E-state index in [9.17, 15) is 9.59 Å². The maximum absolute atomic E-state index is 12.3. The third kappa shape index (κ3) is 5.33. The van der Waals surface area contributed by atoms with Crippen LogP contribution in [0.15, 0.2) is 0 Å². The molecule has 0 aromatic carbocycles. The molecule has 3 heteroatoms. The van der Waals surface area contributed by atoms with Crippen molar-refractivity contribution < 1.29 is 9.59 Å². The molecule has 0 saturated heterocycles.